The Bertz CT molecular complexity index is 530. The molecule has 1 aliphatic rings. The minimum absolute atomic E-state index is 0.137. The van der Waals surface area contributed by atoms with Crippen molar-refractivity contribution in [3.63, 3.8) is 0 Å². The number of rotatable bonds is 4. The molecule has 1 aromatic carbocycles. The average Bonchev–Trinajstić information content (AvgIpc) is 2.46. The van der Waals surface area contributed by atoms with Crippen molar-refractivity contribution < 1.29 is 14.5 Å². The van der Waals surface area contributed by atoms with Crippen molar-refractivity contribution in [1.29, 1.82) is 0 Å². The van der Waals surface area contributed by atoms with Gasteiger partial charge in [0.1, 0.15) is 0 Å². The molecule has 1 atom stereocenters. The van der Waals surface area contributed by atoms with E-state index < -0.39 is 4.92 Å². The van der Waals surface area contributed by atoms with Crippen LogP contribution in [0.2, 0.25) is 0 Å². The number of Topliss-reactive ketones (excluding diaryl/α,β-unsaturated/α-hetero) is 1. The van der Waals surface area contributed by atoms with Gasteiger partial charge in [0.15, 0.2) is 5.78 Å². The maximum atomic E-state index is 11.6. The number of nitro groups is 1. The van der Waals surface area contributed by atoms with Gasteiger partial charge in [-0.3, -0.25) is 14.9 Å². The lowest BCUT2D eigenvalue weighted by Crippen LogP contribution is -2.45. The van der Waals surface area contributed by atoms with Crippen molar-refractivity contribution in [3.05, 3.63) is 33.9 Å². The highest BCUT2D eigenvalue weighted by atomic mass is 16.6. The summed E-state index contributed by atoms with van der Waals surface area (Å²) in [5.41, 5.74) is 0.868. The molecule has 0 radical (unpaired) electrons. The Labute approximate surface area is 117 Å². The summed E-state index contributed by atoms with van der Waals surface area (Å²) < 4.78 is 5.45. The molecule has 20 heavy (non-hydrogen) atoms. The first-order valence-electron chi connectivity index (χ1n) is 6.68. The van der Waals surface area contributed by atoms with E-state index in [1.165, 1.54) is 13.0 Å². The van der Waals surface area contributed by atoms with E-state index in [4.69, 9.17) is 4.74 Å². The molecule has 1 aliphatic heterocycles. The molecule has 2 rings (SSSR count). The number of hydrogen-bond acceptors (Lipinski definition) is 5. The first kappa shape index (κ1) is 14.5. The van der Waals surface area contributed by atoms with Gasteiger partial charge in [-0.05, 0) is 25.5 Å². The molecule has 1 heterocycles. The quantitative estimate of drug-likeness (QED) is 0.480. The number of nitro benzene ring substituents is 1. The molecule has 108 valence electrons. The van der Waals surface area contributed by atoms with Gasteiger partial charge in [-0.2, -0.15) is 0 Å². The topological polar surface area (TPSA) is 72.7 Å². The highest BCUT2D eigenvalue weighted by Gasteiger charge is 2.25. The fraction of sp³-hybridized carbons (Fsp3) is 0.500. The zero-order chi connectivity index (χ0) is 14.7. The van der Waals surface area contributed by atoms with Crippen LogP contribution in [0.4, 0.5) is 11.4 Å². The highest BCUT2D eigenvalue weighted by molar-refractivity contribution is 5.99. The average molecular weight is 278 g/mol. The van der Waals surface area contributed by atoms with E-state index in [1.807, 2.05) is 0 Å². The fourth-order valence-corrected chi connectivity index (χ4v) is 2.48. The summed E-state index contributed by atoms with van der Waals surface area (Å²) in [5, 5.41) is 11.0. The maximum Gasteiger partial charge on any atom is 0.280 e. The van der Waals surface area contributed by atoms with Crippen LogP contribution in [-0.2, 0) is 4.74 Å². The molecule has 0 amide bonds. The van der Waals surface area contributed by atoms with Crippen LogP contribution in [0.5, 0.6) is 0 Å². The predicted molar refractivity (Wildman–Crippen MR) is 75.3 cm³/mol. The van der Waals surface area contributed by atoms with E-state index in [2.05, 4.69) is 11.8 Å². The SMILES string of the molecule is CCC1COCCN1c1ccc([N+](=O)[O-])c(C(C)=O)c1. The van der Waals surface area contributed by atoms with Gasteiger partial charge in [-0.25, -0.2) is 0 Å². The Kier molecular flexibility index (Phi) is 4.34. The third kappa shape index (κ3) is 2.80. The molecule has 0 bridgehead atoms. The number of carbonyl (C=O) groups is 1. The number of nitrogens with zero attached hydrogens (tertiary/aromatic N) is 2. The molecule has 1 fully saturated rings. The van der Waals surface area contributed by atoms with Crippen LogP contribution in [0.1, 0.15) is 30.6 Å². The summed E-state index contributed by atoms with van der Waals surface area (Å²) in [7, 11) is 0. The van der Waals surface area contributed by atoms with Crippen LogP contribution >= 0.6 is 0 Å². The number of ether oxygens (including phenoxy) is 1. The second kappa shape index (κ2) is 6.00. The Balaban J connectivity index is 2.39. The lowest BCUT2D eigenvalue weighted by atomic mass is 10.1. The Hall–Kier alpha value is -1.95. The van der Waals surface area contributed by atoms with Crippen molar-refractivity contribution in [2.24, 2.45) is 0 Å². The molecule has 0 aliphatic carbocycles. The summed E-state index contributed by atoms with van der Waals surface area (Å²) in [6.45, 7) is 5.42. The largest absolute Gasteiger partial charge is 0.377 e. The molecule has 1 saturated heterocycles. The van der Waals surface area contributed by atoms with Gasteiger partial charge in [0, 0.05) is 18.3 Å². The van der Waals surface area contributed by atoms with E-state index in [9.17, 15) is 14.9 Å². The smallest absolute Gasteiger partial charge is 0.280 e. The van der Waals surface area contributed by atoms with Gasteiger partial charge < -0.3 is 9.64 Å². The van der Waals surface area contributed by atoms with Crippen LogP contribution in [0.3, 0.4) is 0 Å². The van der Waals surface area contributed by atoms with E-state index >= 15 is 0 Å². The van der Waals surface area contributed by atoms with Gasteiger partial charge in [-0.1, -0.05) is 6.92 Å². The van der Waals surface area contributed by atoms with Crippen LogP contribution < -0.4 is 4.90 Å². The van der Waals surface area contributed by atoms with Gasteiger partial charge in [0.05, 0.1) is 29.7 Å². The van der Waals surface area contributed by atoms with Crippen LogP contribution in [0.15, 0.2) is 18.2 Å². The number of morpholine rings is 1. The summed E-state index contributed by atoms with van der Waals surface area (Å²) in [4.78, 5) is 24.2. The number of ketones is 1. The summed E-state index contributed by atoms with van der Waals surface area (Å²) in [5.74, 6) is -0.292. The van der Waals surface area contributed by atoms with Crippen molar-refractivity contribution in [3.8, 4) is 0 Å². The second-order valence-corrected chi connectivity index (χ2v) is 4.85. The summed E-state index contributed by atoms with van der Waals surface area (Å²) in [6, 6.07) is 4.98. The zero-order valence-electron chi connectivity index (χ0n) is 11.7. The van der Waals surface area contributed by atoms with E-state index in [0.29, 0.717) is 13.2 Å². The van der Waals surface area contributed by atoms with Gasteiger partial charge in [0.25, 0.3) is 5.69 Å². The number of carbonyl (C=O) groups excluding carboxylic acids is 1. The summed E-state index contributed by atoms with van der Waals surface area (Å²) >= 11 is 0. The van der Waals surface area contributed by atoms with Crippen LogP contribution in [0, 0.1) is 10.1 Å². The van der Waals surface area contributed by atoms with Gasteiger partial charge >= 0.3 is 0 Å². The first-order valence-corrected chi connectivity index (χ1v) is 6.68. The molecular weight excluding hydrogens is 260 g/mol. The normalized spacial score (nSPS) is 18.9. The van der Waals surface area contributed by atoms with E-state index in [-0.39, 0.29) is 23.1 Å². The molecule has 1 unspecified atom stereocenters. The number of benzene rings is 1. The third-order valence-corrected chi connectivity index (χ3v) is 3.59. The molecular formula is C14H18N2O4. The first-order chi connectivity index (χ1) is 9.54. The molecule has 0 N–H and O–H groups in total. The van der Waals surface area contributed by atoms with Crippen molar-refractivity contribution >= 4 is 17.2 Å². The second-order valence-electron chi connectivity index (χ2n) is 4.85. The van der Waals surface area contributed by atoms with Crippen molar-refractivity contribution in [2.75, 3.05) is 24.7 Å². The van der Waals surface area contributed by atoms with Crippen LogP contribution in [0.25, 0.3) is 0 Å². The standard InChI is InChI=1S/C14H18N2O4/c1-3-11-9-20-7-6-15(11)12-4-5-14(16(18)19)13(8-12)10(2)17/h4-5,8,11H,3,6-7,9H2,1-2H3. The van der Waals surface area contributed by atoms with E-state index in [0.717, 1.165) is 18.7 Å². The number of anilines is 1. The van der Waals surface area contributed by atoms with Crippen molar-refractivity contribution in [1.82, 2.24) is 0 Å². The van der Waals surface area contributed by atoms with Gasteiger partial charge in [0.2, 0.25) is 0 Å². The Morgan fingerprint density at radius 3 is 2.90 bits per heavy atom. The molecule has 6 heteroatoms. The summed E-state index contributed by atoms with van der Waals surface area (Å²) in [6.07, 6.45) is 0.923. The Morgan fingerprint density at radius 1 is 1.55 bits per heavy atom. The van der Waals surface area contributed by atoms with Crippen LogP contribution in [-0.4, -0.2) is 36.5 Å². The van der Waals surface area contributed by atoms with Gasteiger partial charge in [-0.15, -0.1) is 0 Å². The minimum atomic E-state index is -0.517. The van der Waals surface area contributed by atoms with Crippen molar-refractivity contribution in [2.45, 2.75) is 26.3 Å². The number of hydrogen-bond donors (Lipinski definition) is 0. The third-order valence-electron chi connectivity index (χ3n) is 3.59. The highest BCUT2D eigenvalue weighted by Crippen LogP contribution is 2.28. The maximum absolute atomic E-state index is 11.6. The lowest BCUT2D eigenvalue weighted by Gasteiger charge is -2.37. The zero-order valence-corrected chi connectivity index (χ0v) is 11.7. The predicted octanol–water partition coefficient (Wildman–Crippen LogP) is 2.41. The minimum Gasteiger partial charge on any atom is -0.377 e. The molecule has 6 nitrogen and oxygen atoms in total. The molecule has 0 aromatic heterocycles. The molecule has 1 aromatic rings. The monoisotopic (exact) mass is 278 g/mol. The lowest BCUT2D eigenvalue weighted by molar-refractivity contribution is -0.385. The molecule has 0 saturated carbocycles. The fourth-order valence-electron chi connectivity index (χ4n) is 2.48. The van der Waals surface area contributed by atoms with E-state index in [1.54, 1.807) is 12.1 Å². The Morgan fingerprint density at radius 2 is 2.30 bits per heavy atom. The molecule has 0 spiro atoms.